The number of hydrogen-bond acceptors (Lipinski definition) is 3. The lowest BCUT2D eigenvalue weighted by atomic mass is 9.97. The van der Waals surface area contributed by atoms with Gasteiger partial charge in [-0.2, -0.15) is 0 Å². The fourth-order valence-corrected chi connectivity index (χ4v) is 2.30. The number of benzene rings is 1. The summed E-state index contributed by atoms with van der Waals surface area (Å²) in [6, 6.07) is 7.32. The van der Waals surface area contributed by atoms with Gasteiger partial charge in [0.1, 0.15) is 0 Å². The number of ketones is 1. The van der Waals surface area contributed by atoms with Crippen LogP contribution in [0.2, 0.25) is 0 Å². The smallest absolute Gasteiger partial charge is 0.247 e. The second-order valence-corrected chi connectivity index (χ2v) is 5.63. The summed E-state index contributed by atoms with van der Waals surface area (Å²) in [5.41, 5.74) is 0.960. The third-order valence-corrected chi connectivity index (χ3v) is 3.59. The number of anilines is 1. The van der Waals surface area contributed by atoms with Crippen molar-refractivity contribution in [2.24, 2.45) is 0 Å². The van der Waals surface area contributed by atoms with E-state index in [1.165, 1.54) is 6.92 Å². The minimum atomic E-state index is -0.550. The number of nitrogens with zero attached hydrogens (tertiary/aromatic N) is 1. The first kappa shape index (κ1) is 13.7. The predicted molar refractivity (Wildman–Crippen MR) is 75.5 cm³/mol. The zero-order chi connectivity index (χ0) is 14.2. The van der Waals surface area contributed by atoms with Crippen LogP contribution in [-0.4, -0.2) is 29.8 Å². The molecule has 1 aromatic rings. The zero-order valence-electron chi connectivity index (χ0n) is 11.9. The molecule has 0 radical (unpaired) electrons. The van der Waals surface area contributed by atoms with Crippen LogP contribution in [0.3, 0.4) is 0 Å². The molecule has 1 saturated heterocycles. The lowest BCUT2D eigenvalue weighted by Crippen LogP contribution is -2.64. The van der Waals surface area contributed by atoms with Crippen molar-refractivity contribution in [2.75, 3.05) is 11.4 Å². The Morgan fingerprint density at radius 2 is 1.89 bits per heavy atom. The Kier molecular flexibility index (Phi) is 3.45. The Morgan fingerprint density at radius 3 is 2.42 bits per heavy atom. The lowest BCUT2D eigenvalue weighted by Gasteiger charge is -2.42. The van der Waals surface area contributed by atoms with Gasteiger partial charge in [-0.1, -0.05) is 0 Å². The van der Waals surface area contributed by atoms with Crippen LogP contribution in [0.5, 0.6) is 0 Å². The van der Waals surface area contributed by atoms with Crippen LogP contribution in [0.25, 0.3) is 0 Å². The van der Waals surface area contributed by atoms with Gasteiger partial charge in [-0.3, -0.25) is 9.59 Å². The Hall–Kier alpha value is -1.68. The molecule has 1 amide bonds. The molecule has 0 spiro atoms. The van der Waals surface area contributed by atoms with Gasteiger partial charge < -0.3 is 10.2 Å². The van der Waals surface area contributed by atoms with E-state index in [0.29, 0.717) is 5.56 Å². The molecule has 1 unspecified atom stereocenters. The van der Waals surface area contributed by atoms with Gasteiger partial charge in [-0.05, 0) is 52.0 Å². The van der Waals surface area contributed by atoms with E-state index in [1.54, 1.807) is 17.0 Å². The molecule has 0 aromatic heterocycles. The summed E-state index contributed by atoms with van der Waals surface area (Å²) < 4.78 is 0. The summed E-state index contributed by atoms with van der Waals surface area (Å²) in [6.07, 6.45) is 0. The fraction of sp³-hybridized carbons (Fsp3) is 0.467. The van der Waals surface area contributed by atoms with Gasteiger partial charge in [0.25, 0.3) is 0 Å². The molecule has 0 saturated carbocycles. The van der Waals surface area contributed by atoms with Crippen LogP contribution >= 0.6 is 0 Å². The summed E-state index contributed by atoms with van der Waals surface area (Å²) in [5.74, 6) is 0.0911. The second-order valence-electron chi connectivity index (χ2n) is 5.63. The summed E-state index contributed by atoms with van der Waals surface area (Å²) in [6.45, 7) is 8.08. The average Bonchev–Trinajstić information content (AvgIpc) is 2.36. The van der Waals surface area contributed by atoms with E-state index in [4.69, 9.17) is 0 Å². The number of carbonyl (C=O) groups is 2. The van der Waals surface area contributed by atoms with E-state index in [2.05, 4.69) is 5.32 Å². The SMILES string of the molecule is CC(=O)c1ccc(N2C(=O)C(C)(C)NCC2C)cc1. The summed E-state index contributed by atoms with van der Waals surface area (Å²) in [4.78, 5) is 25.6. The topological polar surface area (TPSA) is 49.4 Å². The normalized spacial score (nSPS) is 22.4. The molecular weight excluding hydrogens is 240 g/mol. The summed E-state index contributed by atoms with van der Waals surface area (Å²) in [7, 11) is 0. The molecule has 4 heteroatoms. The van der Waals surface area contributed by atoms with Crippen LogP contribution in [0.15, 0.2) is 24.3 Å². The summed E-state index contributed by atoms with van der Waals surface area (Å²) >= 11 is 0. The highest BCUT2D eigenvalue weighted by Gasteiger charge is 2.39. The Morgan fingerprint density at radius 1 is 1.32 bits per heavy atom. The fourth-order valence-electron chi connectivity index (χ4n) is 2.30. The van der Waals surface area contributed by atoms with E-state index in [0.717, 1.165) is 12.2 Å². The highest BCUT2D eigenvalue weighted by molar-refractivity contribution is 6.01. The van der Waals surface area contributed by atoms with Crippen LogP contribution in [0.4, 0.5) is 5.69 Å². The average molecular weight is 260 g/mol. The maximum Gasteiger partial charge on any atom is 0.247 e. The molecule has 1 aliphatic heterocycles. The maximum atomic E-state index is 12.5. The van der Waals surface area contributed by atoms with Crippen molar-refractivity contribution in [3.63, 3.8) is 0 Å². The quantitative estimate of drug-likeness (QED) is 0.827. The molecule has 1 heterocycles. The number of piperazine rings is 1. The predicted octanol–water partition coefficient (Wildman–Crippen LogP) is 1.99. The molecule has 0 bridgehead atoms. The number of rotatable bonds is 2. The minimum Gasteiger partial charge on any atom is -0.307 e. The van der Waals surface area contributed by atoms with Crippen LogP contribution < -0.4 is 10.2 Å². The molecule has 0 aliphatic carbocycles. The van der Waals surface area contributed by atoms with Crippen molar-refractivity contribution in [3.05, 3.63) is 29.8 Å². The maximum absolute atomic E-state index is 12.5. The monoisotopic (exact) mass is 260 g/mol. The third kappa shape index (κ3) is 2.54. The second kappa shape index (κ2) is 4.78. The van der Waals surface area contributed by atoms with E-state index in [9.17, 15) is 9.59 Å². The number of carbonyl (C=O) groups excluding carboxylic acids is 2. The van der Waals surface area contributed by atoms with Gasteiger partial charge in [-0.15, -0.1) is 0 Å². The Labute approximate surface area is 113 Å². The number of amides is 1. The van der Waals surface area contributed by atoms with Crippen molar-refractivity contribution in [2.45, 2.75) is 39.3 Å². The van der Waals surface area contributed by atoms with Gasteiger partial charge in [-0.25, -0.2) is 0 Å². The highest BCUT2D eigenvalue weighted by Crippen LogP contribution is 2.25. The number of Topliss-reactive ketones (excluding diaryl/α,β-unsaturated/α-hetero) is 1. The van der Waals surface area contributed by atoms with Gasteiger partial charge in [0, 0.05) is 23.8 Å². The molecule has 102 valence electrons. The minimum absolute atomic E-state index is 0.0339. The molecule has 1 N–H and O–H groups in total. The van der Waals surface area contributed by atoms with Crippen LogP contribution in [0, 0.1) is 0 Å². The van der Waals surface area contributed by atoms with Crippen molar-refractivity contribution >= 4 is 17.4 Å². The first-order valence-corrected chi connectivity index (χ1v) is 6.52. The van der Waals surface area contributed by atoms with E-state index >= 15 is 0 Å². The van der Waals surface area contributed by atoms with Crippen LogP contribution in [-0.2, 0) is 4.79 Å². The molecule has 4 nitrogen and oxygen atoms in total. The van der Waals surface area contributed by atoms with Gasteiger partial charge >= 0.3 is 0 Å². The van der Waals surface area contributed by atoms with Crippen molar-refractivity contribution in [3.8, 4) is 0 Å². The van der Waals surface area contributed by atoms with Gasteiger partial charge in [0.2, 0.25) is 5.91 Å². The number of hydrogen-bond donors (Lipinski definition) is 1. The largest absolute Gasteiger partial charge is 0.307 e. The third-order valence-electron chi connectivity index (χ3n) is 3.59. The van der Waals surface area contributed by atoms with Crippen molar-refractivity contribution in [1.29, 1.82) is 0 Å². The van der Waals surface area contributed by atoms with Crippen molar-refractivity contribution < 1.29 is 9.59 Å². The van der Waals surface area contributed by atoms with Gasteiger partial charge in [0.05, 0.1) is 5.54 Å². The van der Waals surface area contributed by atoms with E-state index in [-0.39, 0.29) is 17.7 Å². The number of nitrogens with one attached hydrogen (secondary N) is 1. The van der Waals surface area contributed by atoms with E-state index < -0.39 is 5.54 Å². The van der Waals surface area contributed by atoms with Crippen molar-refractivity contribution in [1.82, 2.24) is 5.32 Å². The van der Waals surface area contributed by atoms with E-state index in [1.807, 2.05) is 32.9 Å². The molecule has 1 atom stereocenters. The van der Waals surface area contributed by atoms with Crippen LogP contribution in [0.1, 0.15) is 38.1 Å². The molecule has 1 aromatic carbocycles. The molecule has 1 aliphatic rings. The molecule has 2 rings (SSSR count). The molecular formula is C15H20N2O2. The first-order chi connectivity index (χ1) is 8.83. The summed E-state index contributed by atoms with van der Waals surface area (Å²) in [5, 5.41) is 3.24. The highest BCUT2D eigenvalue weighted by atomic mass is 16.2. The lowest BCUT2D eigenvalue weighted by molar-refractivity contribution is -0.125. The van der Waals surface area contributed by atoms with Gasteiger partial charge in [0.15, 0.2) is 5.78 Å². The zero-order valence-corrected chi connectivity index (χ0v) is 11.9. The standard InChI is InChI=1S/C15H20N2O2/c1-10-9-16-15(3,4)14(19)17(10)13-7-5-12(6-8-13)11(2)18/h5-8,10,16H,9H2,1-4H3. The molecule has 19 heavy (non-hydrogen) atoms. The Balaban J connectivity index is 2.33. The first-order valence-electron chi connectivity index (χ1n) is 6.52. The molecule has 1 fully saturated rings. The Bertz CT molecular complexity index is 505.